The summed E-state index contributed by atoms with van der Waals surface area (Å²) >= 11 is 6.14. The van der Waals surface area contributed by atoms with E-state index in [4.69, 9.17) is 22.0 Å². The maximum atomic E-state index is 13.9. The van der Waals surface area contributed by atoms with Crippen LogP contribution in [0.1, 0.15) is 32.9 Å². The van der Waals surface area contributed by atoms with Gasteiger partial charge in [0.05, 0.1) is 28.4 Å². The van der Waals surface area contributed by atoms with Crippen molar-refractivity contribution in [2.45, 2.75) is 20.4 Å². The van der Waals surface area contributed by atoms with Crippen LogP contribution in [0.5, 0.6) is 0 Å². The van der Waals surface area contributed by atoms with Crippen LogP contribution in [0, 0.1) is 31.0 Å². The highest BCUT2D eigenvalue weighted by molar-refractivity contribution is 6.32. The molecule has 0 saturated heterocycles. The molecule has 0 saturated carbocycles. The van der Waals surface area contributed by atoms with Gasteiger partial charge in [-0.25, -0.2) is 9.18 Å². The summed E-state index contributed by atoms with van der Waals surface area (Å²) < 4.78 is 15.6. The minimum absolute atomic E-state index is 0.299. The van der Waals surface area contributed by atoms with Gasteiger partial charge in [-0.05, 0) is 49.2 Å². The first-order valence-corrected chi connectivity index (χ1v) is 8.45. The predicted molar refractivity (Wildman–Crippen MR) is 99.3 cm³/mol. The fraction of sp³-hybridized carbons (Fsp3) is 0.150. The lowest BCUT2D eigenvalue weighted by molar-refractivity contribution is 0.0692. The summed E-state index contributed by atoms with van der Waals surface area (Å²) in [5, 5.41) is 22.8. The zero-order valence-corrected chi connectivity index (χ0v) is 15.4. The van der Waals surface area contributed by atoms with E-state index >= 15 is 0 Å². The third kappa shape index (κ3) is 3.55. The van der Waals surface area contributed by atoms with Crippen molar-refractivity contribution in [2.24, 2.45) is 0 Å². The van der Waals surface area contributed by atoms with Crippen LogP contribution in [0.4, 0.5) is 4.39 Å². The number of rotatable bonds is 4. The molecule has 1 aromatic heterocycles. The molecule has 0 unspecified atom stereocenters. The number of nitrogens with zero attached hydrogens (tertiary/aromatic N) is 3. The number of halogens is 2. The molecule has 0 aliphatic rings. The molecule has 136 valence electrons. The summed E-state index contributed by atoms with van der Waals surface area (Å²) in [6, 6.07) is 11.3. The second-order valence-electron chi connectivity index (χ2n) is 6.13. The average Bonchev–Trinajstić information content (AvgIpc) is 2.88. The lowest BCUT2D eigenvalue weighted by Crippen LogP contribution is -2.06. The summed E-state index contributed by atoms with van der Waals surface area (Å²) in [7, 11) is 0. The van der Waals surface area contributed by atoms with Crippen LogP contribution in [0.3, 0.4) is 0 Å². The first kappa shape index (κ1) is 18.6. The van der Waals surface area contributed by atoms with E-state index in [2.05, 4.69) is 5.10 Å². The molecular formula is C20H15ClFN3O2. The highest BCUT2D eigenvalue weighted by Crippen LogP contribution is 2.30. The number of benzene rings is 2. The number of hydrogen-bond acceptors (Lipinski definition) is 3. The van der Waals surface area contributed by atoms with Gasteiger partial charge in [0.1, 0.15) is 11.9 Å². The van der Waals surface area contributed by atoms with E-state index in [0.717, 1.165) is 22.5 Å². The van der Waals surface area contributed by atoms with Crippen LogP contribution in [-0.4, -0.2) is 20.9 Å². The molecular weight excluding hydrogens is 369 g/mol. The Kier molecular flexibility index (Phi) is 4.98. The number of aromatic nitrogens is 2. The van der Waals surface area contributed by atoms with Crippen LogP contribution in [-0.2, 0) is 6.54 Å². The highest BCUT2D eigenvalue weighted by atomic mass is 35.5. The number of carbonyl (C=O) groups is 1. The standard InChI is InChI=1S/C20H15ClFN3O2/c1-11-19(14-4-5-15(9-23)17(21)8-14)12(2)25(24-11)10-13-3-6-16(20(26)27)18(22)7-13/h3-8H,10H2,1-2H3,(H,26,27). The van der Waals surface area contributed by atoms with Gasteiger partial charge in [0.15, 0.2) is 0 Å². The summed E-state index contributed by atoms with van der Waals surface area (Å²) in [6.45, 7) is 4.05. The van der Waals surface area contributed by atoms with Crippen molar-refractivity contribution in [2.75, 3.05) is 0 Å². The molecule has 0 atom stereocenters. The number of nitriles is 1. The van der Waals surface area contributed by atoms with E-state index in [1.165, 1.54) is 12.1 Å². The Morgan fingerprint density at radius 2 is 2.04 bits per heavy atom. The lowest BCUT2D eigenvalue weighted by Gasteiger charge is -2.08. The SMILES string of the molecule is Cc1nn(Cc2ccc(C(=O)O)c(F)c2)c(C)c1-c1ccc(C#N)c(Cl)c1. The van der Waals surface area contributed by atoms with Crippen molar-refractivity contribution >= 4 is 17.6 Å². The Morgan fingerprint density at radius 3 is 2.63 bits per heavy atom. The minimum atomic E-state index is -1.30. The van der Waals surface area contributed by atoms with Crippen molar-refractivity contribution in [3.63, 3.8) is 0 Å². The van der Waals surface area contributed by atoms with Gasteiger partial charge >= 0.3 is 5.97 Å². The van der Waals surface area contributed by atoms with Crippen molar-refractivity contribution in [3.05, 3.63) is 75.3 Å². The van der Waals surface area contributed by atoms with Gasteiger partial charge in [0, 0.05) is 11.3 Å². The van der Waals surface area contributed by atoms with Crippen LogP contribution in [0.25, 0.3) is 11.1 Å². The van der Waals surface area contributed by atoms with E-state index in [9.17, 15) is 9.18 Å². The van der Waals surface area contributed by atoms with E-state index in [-0.39, 0.29) is 5.56 Å². The van der Waals surface area contributed by atoms with Gasteiger partial charge in [-0.15, -0.1) is 0 Å². The van der Waals surface area contributed by atoms with Crippen molar-refractivity contribution in [3.8, 4) is 17.2 Å². The van der Waals surface area contributed by atoms with Gasteiger partial charge in [0.25, 0.3) is 0 Å². The Labute approximate surface area is 160 Å². The van der Waals surface area contributed by atoms with Crippen LogP contribution < -0.4 is 0 Å². The topological polar surface area (TPSA) is 78.9 Å². The monoisotopic (exact) mass is 383 g/mol. The summed E-state index contributed by atoms with van der Waals surface area (Å²) in [5.74, 6) is -2.08. The van der Waals surface area contributed by atoms with Crippen molar-refractivity contribution < 1.29 is 14.3 Å². The summed E-state index contributed by atoms with van der Waals surface area (Å²) in [5.41, 5.74) is 4.01. The second kappa shape index (κ2) is 7.22. The molecule has 0 aliphatic carbocycles. The quantitative estimate of drug-likeness (QED) is 0.715. The minimum Gasteiger partial charge on any atom is -0.478 e. The number of aromatic carboxylic acids is 1. The first-order valence-electron chi connectivity index (χ1n) is 8.07. The molecule has 1 N–H and O–H groups in total. The average molecular weight is 384 g/mol. The zero-order chi connectivity index (χ0) is 19.7. The van der Waals surface area contributed by atoms with Gasteiger partial charge < -0.3 is 5.11 Å². The maximum absolute atomic E-state index is 13.9. The third-order valence-electron chi connectivity index (χ3n) is 4.36. The second-order valence-corrected chi connectivity index (χ2v) is 6.54. The third-order valence-corrected chi connectivity index (χ3v) is 4.67. The largest absolute Gasteiger partial charge is 0.478 e. The molecule has 2 aromatic carbocycles. The van der Waals surface area contributed by atoms with E-state index in [0.29, 0.717) is 22.7 Å². The van der Waals surface area contributed by atoms with Crippen molar-refractivity contribution in [1.82, 2.24) is 9.78 Å². The Bertz CT molecular complexity index is 1100. The van der Waals surface area contributed by atoms with E-state index < -0.39 is 11.8 Å². The van der Waals surface area contributed by atoms with Gasteiger partial charge in [0.2, 0.25) is 0 Å². The molecule has 0 spiro atoms. The molecule has 7 heteroatoms. The Balaban J connectivity index is 1.97. The zero-order valence-electron chi connectivity index (χ0n) is 14.6. The number of aryl methyl sites for hydroxylation is 1. The Morgan fingerprint density at radius 1 is 1.30 bits per heavy atom. The normalized spacial score (nSPS) is 10.6. The fourth-order valence-corrected chi connectivity index (χ4v) is 3.26. The molecule has 0 radical (unpaired) electrons. The predicted octanol–water partition coefficient (Wildman–Crippen LogP) is 4.58. The fourth-order valence-electron chi connectivity index (χ4n) is 3.03. The van der Waals surface area contributed by atoms with E-state index in [1.807, 2.05) is 26.0 Å². The molecule has 3 aromatic rings. The number of carboxylic acids is 1. The molecule has 27 heavy (non-hydrogen) atoms. The molecule has 0 aliphatic heterocycles. The Hall–Kier alpha value is -3.17. The number of carboxylic acid groups (broad SMARTS) is 1. The van der Waals surface area contributed by atoms with Crippen molar-refractivity contribution in [1.29, 1.82) is 5.26 Å². The molecule has 0 amide bonds. The molecule has 0 bridgehead atoms. The van der Waals surface area contributed by atoms with E-state index in [1.54, 1.807) is 22.9 Å². The summed E-state index contributed by atoms with van der Waals surface area (Å²) in [6.07, 6.45) is 0. The maximum Gasteiger partial charge on any atom is 0.338 e. The lowest BCUT2D eigenvalue weighted by atomic mass is 10.0. The molecule has 0 fully saturated rings. The highest BCUT2D eigenvalue weighted by Gasteiger charge is 2.16. The molecule has 5 nitrogen and oxygen atoms in total. The number of hydrogen-bond donors (Lipinski definition) is 1. The smallest absolute Gasteiger partial charge is 0.338 e. The van der Waals surface area contributed by atoms with Gasteiger partial charge in [-0.3, -0.25) is 4.68 Å². The van der Waals surface area contributed by atoms with Gasteiger partial charge in [-0.2, -0.15) is 10.4 Å². The van der Waals surface area contributed by atoms with Crippen LogP contribution in [0.15, 0.2) is 36.4 Å². The summed E-state index contributed by atoms with van der Waals surface area (Å²) in [4.78, 5) is 10.9. The van der Waals surface area contributed by atoms with Crippen LogP contribution >= 0.6 is 11.6 Å². The van der Waals surface area contributed by atoms with Crippen LogP contribution in [0.2, 0.25) is 5.02 Å². The molecule has 3 rings (SSSR count). The first-order chi connectivity index (χ1) is 12.8. The van der Waals surface area contributed by atoms with Gasteiger partial charge in [-0.1, -0.05) is 23.7 Å². The molecule has 1 heterocycles.